The first-order valence-corrected chi connectivity index (χ1v) is 9.11. The second-order valence-electron chi connectivity index (χ2n) is 7.77. The Morgan fingerprint density at radius 1 is 1.21 bits per heavy atom. The molecule has 2 bridgehead atoms. The predicted octanol–water partition coefficient (Wildman–Crippen LogP) is 0.949. The smallest absolute Gasteiger partial charge is 0.154 e. The number of aliphatic hydroxyl groups is 1. The van der Waals surface area contributed by atoms with Gasteiger partial charge in [0.25, 0.3) is 0 Å². The first kappa shape index (κ1) is 13.8. The van der Waals surface area contributed by atoms with E-state index in [4.69, 9.17) is 0 Å². The molecule has 2 N–H and O–H groups in total. The molecule has 5 atom stereocenters. The molecule has 1 heterocycles. The Bertz CT molecular complexity index is 482. The van der Waals surface area contributed by atoms with Crippen molar-refractivity contribution in [3.05, 3.63) is 0 Å². The summed E-state index contributed by atoms with van der Waals surface area (Å²) in [7, 11) is -3.07. The maximum Gasteiger partial charge on any atom is 0.154 e. The number of sulfone groups is 1. The van der Waals surface area contributed by atoms with Gasteiger partial charge >= 0.3 is 0 Å². The topological polar surface area (TPSA) is 66.4 Å². The maximum absolute atomic E-state index is 11.6. The summed E-state index contributed by atoms with van der Waals surface area (Å²) in [5, 5.41) is 13.5. The van der Waals surface area contributed by atoms with Crippen molar-refractivity contribution < 1.29 is 13.5 Å². The Labute approximate surface area is 115 Å². The van der Waals surface area contributed by atoms with E-state index in [0.29, 0.717) is 6.04 Å². The van der Waals surface area contributed by atoms with E-state index in [1.54, 1.807) is 0 Å². The fourth-order valence-electron chi connectivity index (χ4n) is 4.92. The summed E-state index contributed by atoms with van der Waals surface area (Å²) < 4.78 is 23.3. The van der Waals surface area contributed by atoms with Crippen molar-refractivity contribution in [3.8, 4) is 0 Å². The molecule has 0 spiro atoms. The van der Waals surface area contributed by atoms with Crippen molar-refractivity contribution in [2.75, 3.05) is 11.5 Å². The fraction of sp³-hybridized carbons (Fsp3) is 1.00. The van der Waals surface area contributed by atoms with Gasteiger partial charge in [0.05, 0.1) is 17.6 Å². The molecule has 3 aliphatic rings. The zero-order valence-electron chi connectivity index (χ0n) is 12.0. The van der Waals surface area contributed by atoms with Gasteiger partial charge in [0.1, 0.15) is 0 Å². The normalized spacial score (nSPS) is 50.7. The van der Waals surface area contributed by atoms with Crippen molar-refractivity contribution in [2.45, 2.75) is 58.2 Å². The molecule has 2 saturated carbocycles. The van der Waals surface area contributed by atoms with Crippen molar-refractivity contribution >= 4 is 9.84 Å². The third kappa shape index (κ3) is 2.05. The van der Waals surface area contributed by atoms with Gasteiger partial charge in [-0.2, -0.15) is 0 Å². The molecule has 0 aromatic heterocycles. The fourth-order valence-corrected chi connectivity index (χ4v) is 6.67. The number of fused-ring (bicyclic) bond motifs is 2. The van der Waals surface area contributed by atoms with Crippen molar-refractivity contribution in [3.63, 3.8) is 0 Å². The molecule has 4 nitrogen and oxygen atoms in total. The van der Waals surface area contributed by atoms with E-state index in [-0.39, 0.29) is 28.4 Å². The maximum atomic E-state index is 11.6. The van der Waals surface area contributed by atoms with E-state index in [1.165, 1.54) is 19.3 Å². The molecule has 19 heavy (non-hydrogen) atoms. The molecule has 1 aliphatic heterocycles. The van der Waals surface area contributed by atoms with Crippen LogP contribution in [-0.2, 0) is 9.84 Å². The Morgan fingerprint density at radius 2 is 1.89 bits per heavy atom. The summed E-state index contributed by atoms with van der Waals surface area (Å²) in [6.45, 7) is 6.89. The quantitative estimate of drug-likeness (QED) is 0.793. The minimum atomic E-state index is -3.07. The third-order valence-corrected chi connectivity index (χ3v) is 7.69. The summed E-state index contributed by atoms with van der Waals surface area (Å²) in [6.07, 6.45) is 2.98. The van der Waals surface area contributed by atoms with Crippen LogP contribution < -0.4 is 5.32 Å². The third-order valence-electron chi connectivity index (χ3n) is 5.97. The molecule has 3 rings (SSSR count). The molecule has 2 aliphatic carbocycles. The standard InChI is InChI=1S/C14H25NO3S/c1-13(2)9-4-5-14(3,6-9)12(13)15-10-7-19(17,18)8-11(10)16/h9-12,15-16H,4-8H2,1-3H3. The zero-order valence-corrected chi connectivity index (χ0v) is 12.8. The minimum absolute atomic E-state index is 0.0848. The molecule has 1 saturated heterocycles. The van der Waals surface area contributed by atoms with Gasteiger partial charge in [-0.25, -0.2) is 8.42 Å². The van der Waals surface area contributed by atoms with Gasteiger partial charge < -0.3 is 10.4 Å². The molecular formula is C14H25NO3S. The molecule has 5 heteroatoms. The van der Waals surface area contributed by atoms with Crippen LogP contribution in [0.15, 0.2) is 0 Å². The van der Waals surface area contributed by atoms with Crippen LogP contribution in [0.25, 0.3) is 0 Å². The van der Waals surface area contributed by atoms with Crippen molar-refractivity contribution in [1.29, 1.82) is 0 Å². The van der Waals surface area contributed by atoms with Gasteiger partial charge in [-0.15, -0.1) is 0 Å². The summed E-state index contributed by atoms with van der Waals surface area (Å²) in [6, 6.07) is 0.0251. The van der Waals surface area contributed by atoms with Crippen LogP contribution in [0, 0.1) is 16.7 Å². The van der Waals surface area contributed by atoms with Crippen LogP contribution in [0.4, 0.5) is 0 Å². The van der Waals surface area contributed by atoms with E-state index >= 15 is 0 Å². The first-order valence-electron chi connectivity index (χ1n) is 7.29. The monoisotopic (exact) mass is 287 g/mol. The van der Waals surface area contributed by atoms with Crippen molar-refractivity contribution in [2.24, 2.45) is 16.7 Å². The molecule has 0 amide bonds. The second-order valence-corrected chi connectivity index (χ2v) is 9.92. The van der Waals surface area contributed by atoms with Crippen LogP contribution in [-0.4, -0.2) is 43.2 Å². The average Bonchev–Trinajstić information content (AvgIpc) is 2.81. The van der Waals surface area contributed by atoms with E-state index in [1.807, 2.05) is 0 Å². The first-order chi connectivity index (χ1) is 8.64. The van der Waals surface area contributed by atoms with E-state index in [2.05, 4.69) is 26.1 Å². The van der Waals surface area contributed by atoms with E-state index in [9.17, 15) is 13.5 Å². The molecule has 3 fully saturated rings. The van der Waals surface area contributed by atoms with Crippen LogP contribution in [0.2, 0.25) is 0 Å². The lowest BCUT2D eigenvalue weighted by Crippen LogP contribution is -2.56. The molecular weight excluding hydrogens is 262 g/mol. The van der Waals surface area contributed by atoms with Gasteiger partial charge in [0.15, 0.2) is 9.84 Å². The Balaban J connectivity index is 1.80. The van der Waals surface area contributed by atoms with Gasteiger partial charge in [-0.05, 0) is 36.0 Å². The highest BCUT2D eigenvalue weighted by atomic mass is 32.2. The van der Waals surface area contributed by atoms with Gasteiger partial charge in [0.2, 0.25) is 0 Å². The SMILES string of the molecule is CC12CCC(C1)C(C)(C)C2NC1CS(=O)(=O)CC1O. The number of hydrogen-bond acceptors (Lipinski definition) is 4. The number of nitrogens with one attached hydrogen (secondary N) is 1. The average molecular weight is 287 g/mol. The summed E-state index contributed by atoms with van der Waals surface area (Å²) in [4.78, 5) is 0. The van der Waals surface area contributed by atoms with Crippen molar-refractivity contribution in [1.82, 2.24) is 5.32 Å². The largest absolute Gasteiger partial charge is 0.390 e. The lowest BCUT2D eigenvalue weighted by Gasteiger charge is -2.44. The minimum Gasteiger partial charge on any atom is -0.390 e. The Morgan fingerprint density at radius 3 is 2.37 bits per heavy atom. The highest BCUT2D eigenvalue weighted by Gasteiger charge is 2.60. The number of rotatable bonds is 2. The molecule has 110 valence electrons. The highest BCUT2D eigenvalue weighted by Crippen LogP contribution is 2.62. The highest BCUT2D eigenvalue weighted by molar-refractivity contribution is 7.91. The molecule has 0 aromatic carbocycles. The Kier molecular flexibility index (Phi) is 2.88. The summed E-state index contributed by atoms with van der Waals surface area (Å²) >= 11 is 0. The summed E-state index contributed by atoms with van der Waals surface area (Å²) in [5.74, 6) is 0.726. The van der Waals surface area contributed by atoms with Gasteiger partial charge in [-0.3, -0.25) is 0 Å². The van der Waals surface area contributed by atoms with Crippen LogP contribution >= 0.6 is 0 Å². The number of hydrogen-bond donors (Lipinski definition) is 2. The van der Waals surface area contributed by atoms with Crippen LogP contribution in [0.5, 0.6) is 0 Å². The summed E-state index contributed by atoms with van der Waals surface area (Å²) in [5.41, 5.74) is 0.458. The van der Waals surface area contributed by atoms with Crippen LogP contribution in [0.1, 0.15) is 40.0 Å². The lowest BCUT2D eigenvalue weighted by atomic mass is 9.68. The molecule has 5 unspecified atom stereocenters. The molecule has 0 radical (unpaired) electrons. The second kappa shape index (κ2) is 3.95. The molecule has 0 aromatic rings. The van der Waals surface area contributed by atoms with E-state index in [0.717, 1.165) is 5.92 Å². The van der Waals surface area contributed by atoms with Gasteiger partial charge in [0, 0.05) is 12.1 Å². The zero-order chi connectivity index (χ0) is 14.1. The Hall–Kier alpha value is -0.130. The lowest BCUT2D eigenvalue weighted by molar-refractivity contribution is 0.0752. The number of aliphatic hydroxyl groups excluding tert-OH is 1. The van der Waals surface area contributed by atoms with Gasteiger partial charge in [-0.1, -0.05) is 20.8 Å². The predicted molar refractivity (Wildman–Crippen MR) is 74.6 cm³/mol. The van der Waals surface area contributed by atoms with Crippen LogP contribution in [0.3, 0.4) is 0 Å². The van der Waals surface area contributed by atoms with E-state index < -0.39 is 15.9 Å².